The lowest BCUT2D eigenvalue weighted by molar-refractivity contribution is 0.0473. The van der Waals surface area contributed by atoms with Gasteiger partial charge in [0.15, 0.2) is 0 Å². The second kappa shape index (κ2) is 5.82. The van der Waals surface area contributed by atoms with Crippen LogP contribution in [0.3, 0.4) is 0 Å². The van der Waals surface area contributed by atoms with E-state index in [1.165, 1.54) is 0 Å². The minimum Gasteiger partial charge on any atom is -0.455 e. The fourth-order valence-electron chi connectivity index (χ4n) is 2.51. The predicted molar refractivity (Wildman–Crippen MR) is 92.7 cm³/mol. The molecule has 1 aromatic heterocycles. The van der Waals surface area contributed by atoms with Crippen molar-refractivity contribution in [2.45, 2.75) is 6.61 Å². The first kappa shape index (κ1) is 13.9. The van der Waals surface area contributed by atoms with Gasteiger partial charge in [-0.25, -0.2) is 9.78 Å². The number of aromatic nitrogens is 1. The van der Waals surface area contributed by atoms with Gasteiger partial charge < -0.3 is 4.74 Å². The SMILES string of the molecule is O=C(OCc1nc2ccccc2s1)c1ccc2ccccc2c1. The van der Waals surface area contributed by atoms with Crippen molar-refractivity contribution < 1.29 is 9.53 Å². The molecule has 23 heavy (non-hydrogen) atoms. The number of hydrogen-bond acceptors (Lipinski definition) is 4. The summed E-state index contributed by atoms with van der Waals surface area (Å²) in [6, 6.07) is 21.4. The lowest BCUT2D eigenvalue weighted by Crippen LogP contribution is -2.04. The van der Waals surface area contributed by atoms with Crippen molar-refractivity contribution in [2.24, 2.45) is 0 Å². The van der Waals surface area contributed by atoms with Crippen LogP contribution in [0.2, 0.25) is 0 Å². The van der Waals surface area contributed by atoms with Crippen LogP contribution in [-0.2, 0) is 11.3 Å². The van der Waals surface area contributed by atoms with E-state index in [0.29, 0.717) is 5.56 Å². The molecule has 3 nitrogen and oxygen atoms in total. The summed E-state index contributed by atoms with van der Waals surface area (Å²) in [5, 5.41) is 2.94. The summed E-state index contributed by atoms with van der Waals surface area (Å²) in [6.07, 6.45) is 0. The highest BCUT2D eigenvalue weighted by molar-refractivity contribution is 7.18. The molecule has 0 amide bonds. The fourth-order valence-corrected chi connectivity index (χ4v) is 3.39. The molecular formula is C19H13NO2S. The molecule has 0 atom stereocenters. The average molecular weight is 319 g/mol. The van der Waals surface area contributed by atoms with Crippen molar-refractivity contribution in [1.82, 2.24) is 4.98 Å². The number of carbonyl (C=O) groups is 1. The Hall–Kier alpha value is -2.72. The topological polar surface area (TPSA) is 39.2 Å². The van der Waals surface area contributed by atoms with Crippen LogP contribution >= 0.6 is 11.3 Å². The summed E-state index contributed by atoms with van der Waals surface area (Å²) in [5.74, 6) is -0.324. The van der Waals surface area contributed by atoms with Gasteiger partial charge in [0.2, 0.25) is 0 Å². The number of fused-ring (bicyclic) bond motifs is 2. The summed E-state index contributed by atoms with van der Waals surface area (Å²) < 4.78 is 6.50. The molecule has 0 saturated carbocycles. The largest absolute Gasteiger partial charge is 0.455 e. The number of ether oxygens (including phenoxy) is 1. The van der Waals surface area contributed by atoms with E-state index < -0.39 is 0 Å². The van der Waals surface area contributed by atoms with Crippen LogP contribution in [0.1, 0.15) is 15.4 Å². The molecular weight excluding hydrogens is 306 g/mol. The van der Waals surface area contributed by atoms with Gasteiger partial charge in [0.05, 0.1) is 15.8 Å². The normalized spacial score (nSPS) is 11.0. The molecule has 112 valence electrons. The van der Waals surface area contributed by atoms with E-state index in [-0.39, 0.29) is 12.6 Å². The van der Waals surface area contributed by atoms with Gasteiger partial charge >= 0.3 is 5.97 Å². The first-order chi connectivity index (χ1) is 11.3. The quantitative estimate of drug-likeness (QED) is 0.509. The molecule has 4 heteroatoms. The van der Waals surface area contributed by atoms with Gasteiger partial charge in [0.1, 0.15) is 11.6 Å². The van der Waals surface area contributed by atoms with Crippen LogP contribution < -0.4 is 0 Å². The molecule has 0 aliphatic rings. The lowest BCUT2D eigenvalue weighted by atomic mass is 10.1. The Bertz CT molecular complexity index is 973. The smallest absolute Gasteiger partial charge is 0.338 e. The van der Waals surface area contributed by atoms with E-state index in [2.05, 4.69) is 4.98 Å². The standard InChI is InChI=1S/C19H13NO2S/c21-19(15-10-9-13-5-1-2-6-14(13)11-15)22-12-18-20-16-7-3-4-8-17(16)23-18/h1-11H,12H2. The van der Waals surface area contributed by atoms with E-state index in [4.69, 9.17) is 4.74 Å². The van der Waals surface area contributed by atoms with Crippen LogP contribution in [0.5, 0.6) is 0 Å². The maximum Gasteiger partial charge on any atom is 0.338 e. The molecule has 0 saturated heterocycles. The van der Waals surface area contributed by atoms with Crippen molar-refractivity contribution in [3.8, 4) is 0 Å². The van der Waals surface area contributed by atoms with Crippen LogP contribution in [-0.4, -0.2) is 11.0 Å². The maximum absolute atomic E-state index is 12.2. The number of esters is 1. The van der Waals surface area contributed by atoms with Gasteiger partial charge in [-0.2, -0.15) is 0 Å². The van der Waals surface area contributed by atoms with Gasteiger partial charge in [-0.05, 0) is 35.0 Å². The number of benzene rings is 3. The molecule has 4 aromatic rings. The number of hydrogen-bond donors (Lipinski definition) is 0. The van der Waals surface area contributed by atoms with E-state index in [9.17, 15) is 4.79 Å². The number of nitrogens with zero attached hydrogens (tertiary/aromatic N) is 1. The molecule has 1 heterocycles. The summed E-state index contributed by atoms with van der Waals surface area (Å²) >= 11 is 1.55. The molecule has 0 spiro atoms. The monoisotopic (exact) mass is 319 g/mol. The summed E-state index contributed by atoms with van der Waals surface area (Å²) in [5.41, 5.74) is 1.50. The number of carbonyl (C=O) groups excluding carboxylic acids is 1. The number of thiazole rings is 1. The minimum atomic E-state index is -0.324. The highest BCUT2D eigenvalue weighted by Crippen LogP contribution is 2.22. The highest BCUT2D eigenvalue weighted by atomic mass is 32.1. The van der Waals surface area contributed by atoms with Crippen LogP contribution in [0.25, 0.3) is 21.0 Å². The Balaban J connectivity index is 1.52. The van der Waals surface area contributed by atoms with Gasteiger partial charge in [-0.3, -0.25) is 0 Å². The van der Waals surface area contributed by atoms with E-state index in [1.807, 2.05) is 60.7 Å². The molecule has 0 N–H and O–H groups in total. The molecule has 0 fully saturated rings. The maximum atomic E-state index is 12.2. The summed E-state index contributed by atoms with van der Waals surface area (Å²) in [6.45, 7) is 0.199. The van der Waals surface area contributed by atoms with E-state index >= 15 is 0 Å². The third kappa shape index (κ3) is 2.81. The van der Waals surface area contributed by atoms with Crippen LogP contribution in [0.4, 0.5) is 0 Å². The summed E-state index contributed by atoms with van der Waals surface area (Å²) in [4.78, 5) is 16.7. The Labute approximate surface area is 137 Å². The lowest BCUT2D eigenvalue weighted by Gasteiger charge is -2.04. The second-order valence-electron chi connectivity index (χ2n) is 5.21. The molecule has 0 bridgehead atoms. The third-order valence-electron chi connectivity index (χ3n) is 3.65. The van der Waals surface area contributed by atoms with Crippen molar-refractivity contribution in [2.75, 3.05) is 0 Å². The summed E-state index contributed by atoms with van der Waals surface area (Å²) in [7, 11) is 0. The average Bonchev–Trinajstić information content (AvgIpc) is 3.02. The molecule has 0 aliphatic carbocycles. The Kier molecular flexibility index (Phi) is 3.52. The molecule has 0 unspecified atom stereocenters. The molecule has 3 aromatic carbocycles. The molecule has 4 rings (SSSR count). The second-order valence-corrected chi connectivity index (χ2v) is 6.33. The van der Waals surface area contributed by atoms with Crippen molar-refractivity contribution in [1.29, 1.82) is 0 Å². The van der Waals surface area contributed by atoms with Gasteiger partial charge in [-0.15, -0.1) is 11.3 Å². The number of para-hydroxylation sites is 1. The first-order valence-electron chi connectivity index (χ1n) is 7.30. The zero-order chi connectivity index (χ0) is 15.6. The van der Waals surface area contributed by atoms with Crippen LogP contribution in [0.15, 0.2) is 66.7 Å². The van der Waals surface area contributed by atoms with Crippen LogP contribution in [0, 0.1) is 0 Å². The van der Waals surface area contributed by atoms with Gasteiger partial charge in [0.25, 0.3) is 0 Å². The van der Waals surface area contributed by atoms with Gasteiger partial charge in [-0.1, -0.05) is 42.5 Å². The van der Waals surface area contributed by atoms with E-state index in [0.717, 1.165) is 26.0 Å². The Morgan fingerprint density at radius 2 is 1.74 bits per heavy atom. The molecule has 0 radical (unpaired) electrons. The first-order valence-corrected chi connectivity index (χ1v) is 8.12. The van der Waals surface area contributed by atoms with Crippen molar-refractivity contribution in [3.05, 3.63) is 77.3 Å². The van der Waals surface area contributed by atoms with Crippen molar-refractivity contribution in [3.63, 3.8) is 0 Å². The Morgan fingerprint density at radius 3 is 2.61 bits per heavy atom. The third-order valence-corrected chi connectivity index (χ3v) is 4.66. The minimum absolute atomic E-state index is 0.199. The fraction of sp³-hybridized carbons (Fsp3) is 0.0526. The van der Waals surface area contributed by atoms with Crippen molar-refractivity contribution >= 4 is 38.3 Å². The Morgan fingerprint density at radius 1 is 0.957 bits per heavy atom. The molecule has 0 aliphatic heterocycles. The van der Waals surface area contributed by atoms with E-state index in [1.54, 1.807) is 17.4 Å². The highest BCUT2D eigenvalue weighted by Gasteiger charge is 2.10. The zero-order valence-electron chi connectivity index (χ0n) is 12.2. The van der Waals surface area contributed by atoms with Gasteiger partial charge in [0, 0.05) is 0 Å². The number of rotatable bonds is 3. The predicted octanol–water partition coefficient (Wildman–Crippen LogP) is 4.81. The zero-order valence-corrected chi connectivity index (χ0v) is 13.0.